The van der Waals surface area contributed by atoms with Crippen molar-refractivity contribution in [1.82, 2.24) is 9.55 Å². The maximum absolute atomic E-state index is 7.00. The number of aryl methyl sites for hydroxylation is 5. The van der Waals surface area contributed by atoms with Crippen LogP contribution in [-0.2, 0) is 13.5 Å². The van der Waals surface area contributed by atoms with Gasteiger partial charge in [-0.05, 0) is 51.0 Å². The van der Waals surface area contributed by atoms with Gasteiger partial charge in [0.25, 0.3) is 0 Å². The van der Waals surface area contributed by atoms with E-state index in [2.05, 4.69) is 92.5 Å². The zero-order valence-electron chi connectivity index (χ0n) is 22.7. The molecule has 2 aromatic heterocycles. The van der Waals surface area contributed by atoms with Crippen LogP contribution in [0.25, 0.3) is 11.0 Å². The minimum atomic E-state index is 1.00. The summed E-state index contributed by atoms with van der Waals surface area (Å²) in [5, 5.41) is 8.21. The lowest BCUT2D eigenvalue weighted by molar-refractivity contribution is 0.399. The molecule has 2 heterocycles. The maximum atomic E-state index is 7.00. The van der Waals surface area contributed by atoms with Gasteiger partial charge in [0, 0.05) is 31.4 Å². The zero-order valence-corrected chi connectivity index (χ0v) is 22.7. The summed E-state index contributed by atoms with van der Waals surface area (Å²) in [6.45, 7) is 8.37. The minimum absolute atomic E-state index is 1.00. The summed E-state index contributed by atoms with van der Waals surface area (Å²) in [7, 11) is 3.01. The van der Waals surface area contributed by atoms with Gasteiger partial charge in [0.1, 0.15) is 5.65 Å². The topological polar surface area (TPSA) is 38.0 Å². The third-order valence-corrected chi connectivity index (χ3v) is 5.12. The monoisotopic (exact) mass is 482 g/mol. The summed E-state index contributed by atoms with van der Waals surface area (Å²) in [6, 6.07) is 37.3. The Morgan fingerprint density at radius 3 is 1.53 bits per heavy atom. The number of aliphatic hydroxyl groups excluding tert-OH is 1. The predicted octanol–water partition coefficient (Wildman–Crippen LogP) is 8.12. The molecule has 0 aliphatic carbocycles. The van der Waals surface area contributed by atoms with Crippen molar-refractivity contribution in [3.8, 4) is 0 Å². The van der Waals surface area contributed by atoms with E-state index < -0.39 is 0 Å². The van der Waals surface area contributed by atoms with Crippen LogP contribution in [0, 0.1) is 20.8 Å². The summed E-state index contributed by atoms with van der Waals surface area (Å²) in [5.74, 6) is 0. The van der Waals surface area contributed by atoms with Crippen LogP contribution < -0.4 is 0 Å². The van der Waals surface area contributed by atoms with Gasteiger partial charge in [0.2, 0.25) is 0 Å². The summed E-state index contributed by atoms with van der Waals surface area (Å²) >= 11 is 0. The Bertz CT molecular complexity index is 1150. The molecule has 5 rings (SSSR count). The van der Waals surface area contributed by atoms with Gasteiger partial charge in [-0.3, -0.25) is 0 Å². The van der Waals surface area contributed by atoms with E-state index in [1.165, 1.54) is 34.9 Å². The fourth-order valence-corrected chi connectivity index (χ4v) is 3.23. The predicted molar refractivity (Wildman–Crippen MR) is 156 cm³/mol. The van der Waals surface area contributed by atoms with Crippen molar-refractivity contribution >= 4 is 11.0 Å². The van der Waals surface area contributed by atoms with E-state index in [9.17, 15) is 0 Å². The van der Waals surface area contributed by atoms with Gasteiger partial charge in [0.05, 0.1) is 0 Å². The van der Waals surface area contributed by atoms with Crippen molar-refractivity contribution in [3.63, 3.8) is 0 Å². The molecule has 3 nitrogen and oxygen atoms in total. The first kappa shape index (κ1) is 30.3. The summed E-state index contributed by atoms with van der Waals surface area (Å²) in [5.41, 5.74) is 6.22. The highest BCUT2D eigenvalue weighted by atomic mass is 16.2. The van der Waals surface area contributed by atoms with Gasteiger partial charge in [-0.15, -0.1) is 0 Å². The van der Waals surface area contributed by atoms with Crippen LogP contribution in [0.5, 0.6) is 0 Å². The Hall–Kier alpha value is -3.69. The van der Waals surface area contributed by atoms with Crippen LogP contribution in [0.1, 0.15) is 35.7 Å². The van der Waals surface area contributed by atoms with Crippen molar-refractivity contribution < 1.29 is 5.11 Å². The highest BCUT2D eigenvalue weighted by Crippen LogP contribution is 2.11. The number of hydrogen-bond acceptors (Lipinski definition) is 2. The summed E-state index contributed by atoms with van der Waals surface area (Å²) in [6.07, 6.45) is 4.47. The molecule has 3 aromatic carbocycles. The van der Waals surface area contributed by atoms with Gasteiger partial charge < -0.3 is 9.67 Å². The maximum Gasteiger partial charge on any atom is 0.139 e. The number of benzene rings is 3. The van der Waals surface area contributed by atoms with Crippen molar-refractivity contribution in [2.75, 3.05) is 7.11 Å². The zero-order chi connectivity index (χ0) is 26.6. The van der Waals surface area contributed by atoms with Crippen LogP contribution in [0.4, 0.5) is 0 Å². The number of rotatable bonds is 2. The van der Waals surface area contributed by atoms with Gasteiger partial charge in [-0.1, -0.05) is 115 Å². The molecule has 0 saturated carbocycles. The third-order valence-electron chi connectivity index (χ3n) is 5.12. The first-order chi connectivity index (χ1) is 17.5. The van der Waals surface area contributed by atoms with Crippen molar-refractivity contribution in [3.05, 3.63) is 138 Å². The molecule has 3 heteroatoms. The average molecular weight is 483 g/mol. The van der Waals surface area contributed by atoms with Crippen LogP contribution in [0.2, 0.25) is 0 Å². The van der Waals surface area contributed by atoms with E-state index in [0.717, 1.165) is 18.5 Å². The Morgan fingerprint density at radius 1 is 0.639 bits per heavy atom. The Morgan fingerprint density at radius 2 is 1.11 bits per heavy atom. The van der Waals surface area contributed by atoms with E-state index in [1.54, 1.807) is 0 Å². The molecule has 0 amide bonds. The molecular formula is C33H42N2O. The number of aromatic nitrogens is 2. The van der Waals surface area contributed by atoms with Crippen molar-refractivity contribution in [1.29, 1.82) is 0 Å². The van der Waals surface area contributed by atoms with Crippen LogP contribution in [-0.4, -0.2) is 21.8 Å². The van der Waals surface area contributed by atoms with Crippen molar-refractivity contribution in [2.24, 2.45) is 7.05 Å². The molecule has 0 fully saturated rings. The molecule has 0 aliphatic rings. The fraction of sp³-hybridized carbons (Fsp3) is 0.242. The highest BCUT2D eigenvalue weighted by molar-refractivity contribution is 5.76. The van der Waals surface area contributed by atoms with E-state index in [1.807, 2.05) is 67.2 Å². The third kappa shape index (κ3) is 12.7. The number of hydrogen-bond donors (Lipinski definition) is 1. The number of aliphatic hydroxyl groups is 1. The first-order valence-corrected chi connectivity index (χ1v) is 12.4. The van der Waals surface area contributed by atoms with E-state index in [0.29, 0.717) is 0 Å². The summed E-state index contributed by atoms with van der Waals surface area (Å²) in [4.78, 5) is 4.40. The number of fused-ring (bicyclic) bond motifs is 1. The second-order valence-corrected chi connectivity index (χ2v) is 8.34. The molecule has 5 aromatic rings. The standard InChI is InChI=1S/C9H10N2.C9H12.2C7H8.CH4O/c1-7-3-4-8-5-6-11(2)9(8)10-7;1-2-6-9-7-4-3-5-8-9;2*1-7-5-3-2-4-6-7;1-2/h3-6H,1-2H3;3-5,7-8H,2,6H2,1H3;2*2-6H,1H3;2H,1H3. The Labute approximate surface area is 218 Å². The van der Waals surface area contributed by atoms with Crippen LogP contribution in [0.3, 0.4) is 0 Å². The minimum Gasteiger partial charge on any atom is -0.400 e. The molecular weight excluding hydrogens is 440 g/mol. The van der Waals surface area contributed by atoms with Crippen molar-refractivity contribution in [2.45, 2.75) is 40.5 Å². The van der Waals surface area contributed by atoms with Gasteiger partial charge >= 0.3 is 0 Å². The van der Waals surface area contributed by atoms with Gasteiger partial charge in [0.15, 0.2) is 0 Å². The lowest BCUT2D eigenvalue weighted by Gasteiger charge is -1.95. The molecule has 0 radical (unpaired) electrons. The smallest absolute Gasteiger partial charge is 0.139 e. The van der Waals surface area contributed by atoms with Crippen LogP contribution >= 0.6 is 0 Å². The Kier molecular flexibility index (Phi) is 15.7. The Balaban J connectivity index is 0.000000239. The highest BCUT2D eigenvalue weighted by Gasteiger charge is 1.97. The molecule has 0 saturated heterocycles. The quantitative estimate of drug-likeness (QED) is 0.276. The van der Waals surface area contributed by atoms with E-state index >= 15 is 0 Å². The molecule has 0 atom stereocenters. The molecule has 36 heavy (non-hydrogen) atoms. The molecule has 0 bridgehead atoms. The molecule has 190 valence electrons. The van der Waals surface area contributed by atoms with Gasteiger partial charge in [-0.25, -0.2) is 4.98 Å². The number of nitrogens with zero attached hydrogens (tertiary/aromatic N) is 2. The van der Waals surface area contributed by atoms with E-state index in [-0.39, 0.29) is 0 Å². The van der Waals surface area contributed by atoms with Gasteiger partial charge in [-0.2, -0.15) is 0 Å². The summed E-state index contributed by atoms with van der Waals surface area (Å²) < 4.78 is 2.03. The molecule has 0 unspecified atom stereocenters. The fourth-order valence-electron chi connectivity index (χ4n) is 3.23. The molecule has 0 spiro atoms. The van der Waals surface area contributed by atoms with Crippen LogP contribution in [0.15, 0.2) is 115 Å². The second-order valence-electron chi connectivity index (χ2n) is 8.34. The lowest BCUT2D eigenvalue weighted by atomic mass is 10.1. The second kappa shape index (κ2) is 18.6. The van der Waals surface area contributed by atoms with E-state index in [4.69, 9.17) is 5.11 Å². The normalized spacial score (nSPS) is 9.19. The first-order valence-electron chi connectivity index (χ1n) is 12.4. The largest absolute Gasteiger partial charge is 0.400 e. The lowest BCUT2D eigenvalue weighted by Crippen LogP contribution is -1.88. The molecule has 0 aliphatic heterocycles. The number of pyridine rings is 1. The average Bonchev–Trinajstić information content (AvgIpc) is 3.28. The SMILES string of the molecule is CCCc1ccccc1.CO.Cc1ccc2ccn(C)c2n1.Cc1ccccc1.Cc1ccccc1. The molecule has 1 N–H and O–H groups in total.